The number of carbonyl (C=O) groups is 4. The number of amides is 4. The third-order valence-corrected chi connectivity index (χ3v) is 13.6. The van der Waals surface area contributed by atoms with Gasteiger partial charge >= 0.3 is 12.2 Å². The van der Waals surface area contributed by atoms with Crippen LogP contribution in [0.5, 0.6) is 0 Å². The summed E-state index contributed by atoms with van der Waals surface area (Å²) in [5.74, 6) is -0.399. The number of allylic oxidation sites excluding steroid dienone is 2. The average Bonchev–Trinajstić information content (AvgIpc) is 4.17. The molecule has 0 aliphatic carbocycles. The first kappa shape index (κ1) is 43.5. The molecule has 4 heterocycles. The van der Waals surface area contributed by atoms with Crippen LogP contribution < -0.4 is 10.6 Å². The summed E-state index contributed by atoms with van der Waals surface area (Å²) in [5.41, 5.74) is 9.25. The zero-order valence-electron chi connectivity index (χ0n) is 35.3. The number of methoxy groups -OCH3 is 2. The van der Waals surface area contributed by atoms with E-state index >= 15 is 0 Å². The molecule has 0 bridgehead atoms. The Balaban J connectivity index is 0.902. The molecule has 0 unspecified atom stereocenters. The number of hydrogen-bond acceptors (Lipinski definition) is 9. The molecule has 63 heavy (non-hydrogen) atoms. The quantitative estimate of drug-likeness (QED) is 0.136. The van der Waals surface area contributed by atoms with Crippen LogP contribution in [-0.4, -0.2) is 96.1 Å². The van der Waals surface area contributed by atoms with Crippen LogP contribution in [0.2, 0.25) is 0 Å². The molecule has 4 aliphatic rings. The van der Waals surface area contributed by atoms with Gasteiger partial charge in [0.1, 0.15) is 17.2 Å². The molecule has 2 N–H and O–H groups in total. The van der Waals surface area contributed by atoms with E-state index in [9.17, 15) is 19.2 Å². The van der Waals surface area contributed by atoms with Gasteiger partial charge in [0.15, 0.2) is 0 Å². The molecule has 5 atom stereocenters. The second-order valence-corrected chi connectivity index (χ2v) is 17.4. The molecule has 0 spiro atoms. The molecule has 8 rings (SSSR count). The number of nitrogens with one attached hydrogen (secondary N) is 2. The van der Waals surface area contributed by atoms with Gasteiger partial charge in [-0.05, 0) is 64.5 Å². The van der Waals surface area contributed by atoms with Crippen molar-refractivity contribution in [2.24, 2.45) is 9.98 Å². The molecule has 2 saturated heterocycles. The van der Waals surface area contributed by atoms with Gasteiger partial charge in [-0.3, -0.25) is 14.6 Å². The number of benzene rings is 4. The van der Waals surface area contributed by atoms with Gasteiger partial charge in [-0.25, -0.2) is 14.6 Å². The second kappa shape index (κ2) is 19.5. The first-order chi connectivity index (χ1) is 30.6. The van der Waals surface area contributed by atoms with Gasteiger partial charge in [-0.2, -0.15) is 11.8 Å². The van der Waals surface area contributed by atoms with Gasteiger partial charge in [0.2, 0.25) is 5.91 Å². The molecule has 0 saturated carbocycles. The number of hydrogen-bond donors (Lipinski definition) is 2. The Labute approximate surface area is 376 Å². The number of carbonyl (C=O) groups excluding carboxylic acids is 4. The Morgan fingerprint density at radius 2 is 1.24 bits per heavy atom. The van der Waals surface area contributed by atoms with E-state index < -0.39 is 24.3 Å². The van der Waals surface area contributed by atoms with E-state index in [1.165, 1.54) is 14.2 Å². The molecule has 12 nitrogen and oxygen atoms in total. The summed E-state index contributed by atoms with van der Waals surface area (Å²) < 4.78 is 9.72. The minimum Gasteiger partial charge on any atom is -0.453 e. The van der Waals surface area contributed by atoms with Crippen LogP contribution in [-0.2, 0) is 19.1 Å². The number of rotatable bonds is 12. The van der Waals surface area contributed by atoms with Gasteiger partial charge in [0.05, 0.1) is 26.3 Å². The third-order valence-electron chi connectivity index (χ3n) is 12.3. The van der Waals surface area contributed by atoms with Crippen LogP contribution in [0.1, 0.15) is 66.4 Å². The van der Waals surface area contributed by atoms with Crippen molar-refractivity contribution in [1.82, 2.24) is 20.4 Å². The number of nitrogens with zero attached hydrogens (tertiary/aromatic N) is 4. The maximum Gasteiger partial charge on any atom is 0.407 e. The first-order valence-electron chi connectivity index (χ1n) is 21.0. The van der Waals surface area contributed by atoms with Crippen molar-refractivity contribution in [2.75, 3.05) is 33.6 Å². The summed E-state index contributed by atoms with van der Waals surface area (Å²) in [6.45, 7) is 1.11. The van der Waals surface area contributed by atoms with Crippen LogP contribution in [0.3, 0.4) is 0 Å². The van der Waals surface area contributed by atoms with E-state index in [2.05, 4.69) is 65.4 Å². The minimum absolute atomic E-state index is 0.185. The van der Waals surface area contributed by atoms with Crippen LogP contribution in [0, 0.1) is 0 Å². The lowest BCUT2D eigenvalue weighted by atomic mass is 9.94. The summed E-state index contributed by atoms with van der Waals surface area (Å²) in [6, 6.07) is 32.9. The summed E-state index contributed by atoms with van der Waals surface area (Å²) in [6.07, 6.45) is 6.11. The first-order valence-corrected chi connectivity index (χ1v) is 22.7. The smallest absolute Gasteiger partial charge is 0.407 e. The number of halogens is 1. The summed E-state index contributed by atoms with van der Waals surface area (Å²) in [7, 11) is 2.57. The molecule has 0 radical (unpaired) electrons. The number of thioether (sulfide) groups is 1. The van der Waals surface area contributed by atoms with Crippen molar-refractivity contribution in [3.05, 3.63) is 143 Å². The topological polar surface area (TPSA) is 142 Å². The lowest BCUT2D eigenvalue weighted by Crippen LogP contribution is -2.47. The van der Waals surface area contributed by atoms with E-state index in [0.717, 1.165) is 64.1 Å². The lowest BCUT2D eigenvalue weighted by molar-refractivity contribution is -0.134. The Kier molecular flexibility index (Phi) is 13.4. The molecular weight excluding hydrogens is 836 g/mol. The van der Waals surface area contributed by atoms with E-state index in [4.69, 9.17) is 31.1 Å². The molecule has 4 aromatic carbocycles. The fraction of sp³-hybridized carbons (Fsp3) is 0.306. The van der Waals surface area contributed by atoms with Crippen LogP contribution in [0.15, 0.2) is 131 Å². The summed E-state index contributed by atoms with van der Waals surface area (Å²) in [5, 5.41) is 6.14. The number of alkyl carbamates (subject to hydrolysis) is 2. The van der Waals surface area contributed by atoms with Gasteiger partial charge in [-0.15, -0.1) is 0 Å². The molecule has 14 heteroatoms. The molecule has 324 valence electrons. The lowest BCUT2D eigenvalue weighted by Gasteiger charge is -2.29. The maximum atomic E-state index is 14.2. The van der Waals surface area contributed by atoms with Crippen molar-refractivity contribution in [3.63, 3.8) is 0 Å². The molecular formula is C49H49ClN6O6S. The van der Waals surface area contributed by atoms with Gasteiger partial charge in [0.25, 0.3) is 5.91 Å². The monoisotopic (exact) mass is 884 g/mol. The highest BCUT2D eigenvalue weighted by Gasteiger charge is 2.42. The average molecular weight is 885 g/mol. The van der Waals surface area contributed by atoms with Crippen LogP contribution in [0.25, 0.3) is 22.3 Å². The molecule has 4 amide bonds. The summed E-state index contributed by atoms with van der Waals surface area (Å²) >= 11 is 8.54. The number of ether oxygens (including phenoxy) is 2. The van der Waals surface area contributed by atoms with Crippen molar-refractivity contribution in [2.45, 2.75) is 61.5 Å². The molecule has 0 aromatic heterocycles. The predicted molar refractivity (Wildman–Crippen MR) is 248 cm³/mol. The highest BCUT2D eigenvalue weighted by molar-refractivity contribution is 7.99. The van der Waals surface area contributed by atoms with Gasteiger partial charge in [-0.1, -0.05) is 121 Å². The Bertz CT molecular complexity index is 2480. The third kappa shape index (κ3) is 9.45. The largest absolute Gasteiger partial charge is 0.453 e. The van der Waals surface area contributed by atoms with Gasteiger partial charge in [0, 0.05) is 54.4 Å². The Hall–Kier alpha value is -6.18. The van der Waals surface area contributed by atoms with Gasteiger partial charge < -0.3 is 29.9 Å². The normalized spacial score (nSPS) is 20.4. The van der Waals surface area contributed by atoms with Crippen molar-refractivity contribution in [1.29, 1.82) is 0 Å². The highest BCUT2D eigenvalue weighted by atomic mass is 35.5. The number of likely N-dealkylation sites (tertiary alicyclic amines) is 2. The van der Waals surface area contributed by atoms with E-state index in [0.29, 0.717) is 42.2 Å². The van der Waals surface area contributed by atoms with Crippen molar-refractivity contribution >= 4 is 69.9 Å². The summed E-state index contributed by atoms with van der Waals surface area (Å²) in [4.78, 5) is 66.2. The van der Waals surface area contributed by atoms with Crippen LogP contribution in [0.4, 0.5) is 9.59 Å². The molecule has 4 aromatic rings. The fourth-order valence-electron chi connectivity index (χ4n) is 8.93. The van der Waals surface area contributed by atoms with E-state index in [-0.39, 0.29) is 29.1 Å². The Morgan fingerprint density at radius 1 is 0.698 bits per heavy atom. The minimum atomic E-state index is -0.891. The van der Waals surface area contributed by atoms with E-state index in [1.807, 2.05) is 71.8 Å². The van der Waals surface area contributed by atoms with Crippen LogP contribution >= 0.6 is 23.4 Å². The van der Waals surface area contributed by atoms with E-state index in [1.54, 1.807) is 16.7 Å². The number of aliphatic imine (C=N–C) groups is 2. The zero-order chi connectivity index (χ0) is 44.0. The van der Waals surface area contributed by atoms with Crippen molar-refractivity contribution in [3.8, 4) is 11.1 Å². The molecule has 4 aliphatic heterocycles. The highest BCUT2D eigenvalue weighted by Crippen LogP contribution is 2.38. The maximum absolute atomic E-state index is 14.2. The van der Waals surface area contributed by atoms with Crippen molar-refractivity contribution < 1.29 is 28.7 Å². The zero-order valence-corrected chi connectivity index (χ0v) is 36.9. The SMILES string of the molecule is COC(=O)N[C@H](C(=O)N1C[C@H](SC)C[C@@H]1C1=NC=C(c2ccc(-c3ccc(C4=C(Cl)N=C([C@@H]5CCCN5C(=O)[C@@H](NC(=O)OC)c5ccccc5)C4)cc3)cc2)C1)c1ccccc1. The second-order valence-electron chi connectivity index (χ2n) is 15.9. The Morgan fingerprint density at radius 3 is 1.79 bits per heavy atom. The standard InChI is InChI=1S/C49H49ClN6O6S/c1-61-48(59)53-43(34-11-6-4-7-12-34)46(57)55-24-10-15-41(55)40-27-38(45(50)52-40)33-22-20-31(21-23-33)30-16-18-32(19-17-30)36-25-39(51-28-36)42-26-37(63-3)29-56(42)47(58)44(54-49(60)62-2)35-13-8-5-9-14-35/h4-9,11-14,16-23,28,37,41-44H,10,15,24-27,29H2,1-3H3,(H,53,59)(H,54,60)/t37-,41+,42-,43+,44+/m1/s1. The predicted octanol–water partition coefficient (Wildman–Crippen LogP) is 8.81. The fourth-order valence-corrected chi connectivity index (χ4v) is 9.89. The molecule has 2 fully saturated rings.